The number of benzene rings is 1. The minimum absolute atomic E-state index is 0.0821. The highest BCUT2D eigenvalue weighted by Gasteiger charge is 2.14. The van der Waals surface area contributed by atoms with Crippen LogP contribution in [-0.4, -0.2) is 28.3 Å². The van der Waals surface area contributed by atoms with Crippen molar-refractivity contribution in [1.29, 1.82) is 0 Å². The molecular weight excluding hydrogens is 302 g/mol. The van der Waals surface area contributed by atoms with Gasteiger partial charge in [0.15, 0.2) is 0 Å². The highest BCUT2D eigenvalue weighted by atomic mass is 35.5. The molecule has 0 saturated carbocycles. The van der Waals surface area contributed by atoms with Crippen LogP contribution in [0.2, 0.25) is 5.02 Å². The summed E-state index contributed by atoms with van der Waals surface area (Å²) >= 11 is 6.07. The lowest BCUT2D eigenvalue weighted by Crippen LogP contribution is -2.25. The Hall–Kier alpha value is -2.11. The van der Waals surface area contributed by atoms with Crippen molar-refractivity contribution < 1.29 is 4.74 Å². The zero-order valence-corrected chi connectivity index (χ0v) is 13.1. The van der Waals surface area contributed by atoms with Gasteiger partial charge in [0.25, 0.3) is 5.56 Å². The third-order valence-corrected chi connectivity index (χ3v) is 3.72. The molecule has 0 radical (unpaired) electrons. The van der Waals surface area contributed by atoms with Crippen molar-refractivity contribution in [3.05, 3.63) is 51.4 Å². The molecule has 0 amide bonds. The van der Waals surface area contributed by atoms with E-state index in [-0.39, 0.29) is 5.56 Å². The molecule has 22 heavy (non-hydrogen) atoms. The standard InChI is InChI=1S/C16H16ClN3O2/c1-10-8-13-14(18-10)19-15(11-4-3-5-12(17)9-11)20(16(13)21)6-7-22-2/h3-5,8-9,18H,6-7H2,1-2H3. The first kappa shape index (κ1) is 14.8. The molecule has 0 atom stereocenters. The van der Waals surface area contributed by atoms with Gasteiger partial charge in [-0.2, -0.15) is 0 Å². The number of aromatic amines is 1. The van der Waals surface area contributed by atoms with E-state index in [1.165, 1.54) is 0 Å². The average molecular weight is 318 g/mol. The maximum absolute atomic E-state index is 12.7. The Kier molecular flexibility index (Phi) is 4.00. The van der Waals surface area contributed by atoms with Gasteiger partial charge in [-0.1, -0.05) is 23.7 Å². The van der Waals surface area contributed by atoms with Crippen LogP contribution in [0.15, 0.2) is 35.1 Å². The number of aryl methyl sites for hydroxylation is 1. The van der Waals surface area contributed by atoms with E-state index in [0.29, 0.717) is 35.0 Å². The summed E-state index contributed by atoms with van der Waals surface area (Å²) in [5.41, 5.74) is 2.21. The number of nitrogens with zero attached hydrogens (tertiary/aromatic N) is 2. The van der Waals surface area contributed by atoms with Crippen molar-refractivity contribution in [3.8, 4) is 11.4 Å². The predicted octanol–water partition coefficient (Wildman–Crippen LogP) is 3.00. The quantitative estimate of drug-likeness (QED) is 0.804. The highest BCUT2D eigenvalue weighted by molar-refractivity contribution is 6.30. The van der Waals surface area contributed by atoms with Gasteiger partial charge in [-0.3, -0.25) is 9.36 Å². The van der Waals surface area contributed by atoms with Gasteiger partial charge in [0.05, 0.1) is 18.5 Å². The lowest BCUT2D eigenvalue weighted by atomic mass is 10.2. The van der Waals surface area contributed by atoms with Gasteiger partial charge in [0, 0.05) is 23.4 Å². The molecule has 0 saturated heterocycles. The van der Waals surface area contributed by atoms with Gasteiger partial charge < -0.3 is 9.72 Å². The summed E-state index contributed by atoms with van der Waals surface area (Å²) in [6.07, 6.45) is 0. The Morgan fingerprint density at radius 2 is 2.18 bits per heavy atom. The number of H-pyrrole nitrogens is 1. The van der Waals surface area contributed by atoms with Gasteiger partial charge in [-0.25, -0.2) is 4.98 Å². The molecule has 0 unspecified atom stereocenters. The predicted molar refractivity (Wildman–Crippen MR) is 87.4 cm³/mol. The van der Waals surface area contributed by atoms with Gasteiger partial charge in [-0.05, 0) is 25.1 Å². The molecule has 0 spiro atoms. The Balaban J connectivity index is 2.28. The summed E-state index contributed by atoms with van der Waals surface area (Å²) in [7, 11) is 1.61. The second-order valence-corrected chi connectivity index (χ2v) is 5.55. The lowest BCUT2D eigenvalue weighted by molar-refractivity contribution is 0.186. The largest absolute Gasteiger partial charge is 0.383 e. The molecular formula is C16H16ClN3O2. The summed E-state index contributed by atoms with van der Waals surface area (Å²) in [4.78, 5) is 20.5. The van der Waals surface area contributed by atoms with Crippen LogP contribution in [0.25, 0.3) is 22.4 Å². The number of methoxy groups -OCH3 is 1. The Bertz CT molecular complexity index is 883. The molecule has 2 heterocycles. The number of nitrogens with one attached hydrogen (secondary N) is 1. The van der Waals surface area contributed by atoms with Crippen molar-refractivity contribution in [2.45, 2.75) is 13.5 Å². The molecule has 5 nitrogen and oxygen atoms in total. The summed E-state index contributed by atoms with van der Waals surface area (Å²) < 4.78 is 6.74. The first-order chi connectivity index (χ1) is 10.6. The molecule has 114 valence electrons. The zero-order chi connectivity index (χ0) is 15.7. The Morgan fingerprint density at radius 3 is 2.91 bits per heavy atom. The molecule has 1 N–H and O–H groups in total. The van der Waals surface area contributed by atoms with E-state index < -0.39 is 0 Å². The summed E-state index contributed by atoms with van der Waals surface area (Å²) in [6, 6.07) is 9.14. The SMILES string of the molecule is COCCn1c(-c2cccc(Cl)c2)nc2[nH]c(C)cc2c1=O. The molecule has 0 aliphatic rings. The van der Waals surface area contributed by atoms with E-state index in [1.54, 1.807) is 23.8 Å². The van der Waals surface area contributed by atoms with E-state index in [4.69, 9.17) is 16.3 Å². The van der Waals surface area contributed by atoms with Crippen molar-refractivity contribution in [2.24, 2.45) is 0 Å². The van der Waals surface area contributed by atoms with E-state index in [0.717, 1.165) is 11.3 Å². The molecule has 3 rings (SSSR count). The van der Waals surface area contributed by atoms with E-state index in [9.17, 15) is 4.79 Å². The molecule has 2 aromatic heterocycles. The zero-order valence-electron chi connectivity index (χ0n) is 12.4. The second-order valence-electron chi connectivity index (χ2n) is 5.11. The first-order valence-electron chi connectivity index (χ1n) is 6.95. The molecule has 6 heteroatoms. The molecule has 3 aromatic rings. The first-order valence-corrected chi connectivity index (χ1v) is 7.33. The van der Waals surface area contributed by atoms with Crippen LogP contribution >= 0.6 is 11.6 Å². The van der Waals surface area contributed by atoms with Crippen LogP contribution in [0.3, 0.4) is 0 Å². The Morgan fingerprint density at radius 1 is 1.36 bits per heavy atom. The minimum atomic E-state index is -0.0821. The number of hydrogen-bond acceptors (Lipinski definition) is 3. The monoisotopic (exact) mass is 317 g/mol. The molecule has 0 fully saturated rings. The number of aromatic nitrogens is 3. The lowest BCUT2D eigenvalue weighted by Gasteiger charge is -2.12. The number of hydrogen-bond donors (Lipinski definition) is 1. The molecule has 0 aliphatic carbocycles. The highest BCUT2D eigenvalue weighted by Crippen LogP contribution is 2.22. The van der Waals surface area contributed by atoms with Crippen LogP contribution in [-0.2, 0) is 11.3 Å². The smallest absolute Gasteiger partial charge is 0.263 e. The normalized spacial score (nSPS) is 11.2. The number of rotatable bonds is 4. The second kappa shape index (κ2) is 5.94. The van der Waals surface area contributed by atoms with Crippen LogP contribution < -0.4 is 5.56 Å². The van der Waals surface area contributed by atoms with Gasteiger partial charge in [0.1, 0.15) is 11.5 Å². The summed E-state index contributed by atoms with van der Waals surface area (Å²) in [5, 5.41) is 1.19. The fourth-order valence-corrected chi connectivity index (χ4v) is 2.66. The molecule has 1 aromatic carbocycles. The molecule has 0 aliphatic heterocycles. The number of fused-ring (bicyclic) bond motifs is 1. The van der Waals surface area contributed by atoms with Gasteiger partial charge in [0.2, 0.25) is 0 Å². The van der Waals surface area contributed by atoms with Crippen molar-refractivity contribution >= 4 is 22.6 Å². The van der Waals surface area contributed by atoms with Crippen LogP contribution in [0, 0.1) is 6.92 Å². The third kappa shape index (κ3) is 2.65. The minimum Gasteiger partial charge on any atom is -0.383 e. The van der Waals surface area contributed by atoms with Gasteiger partial charge >= 0.3 is 0 Å². The van der Waals surface area contributed by atoms with Crippen molar-refractivity contribution in [2.75, 3.05) is 13.7 Å². The van der Waals surface area contributed by atoms with Gasteiger partial charge in [-0.15, -0.1) is 0 Å². The fourth-order valence-electron chi connectivity index (χ4n) is 2.47. The number of halogens is 1. The fraction of sp³-hybridized carbons (Fsp3) is 0.250. The maximum Gasteiger partial charge on any atom is 0.263 e. The Labute approximate surface area is 132 Å². The van der Waals surface area contributed by atoms with E-state index in [2.05, 4.69) is 9.97 Å². The topological polar surface area (TPSA) is 59.9 Å². The third-order valence-electron chi connectivity index (χ3n) is 3.48. The average Bonchev–Trinajstić information content (AvgIpc) is 2.87. The van der Waals surface area contributed by atoms with Crippen LogP contribution in [0.4, 0.5) is 0 Å². The van der Waals surface area contributed by atoms with Crippen molar-refractivity contribution in [1.82, 2.24) is 14.5 Å². The molecule has 0 bridgehead atoms. The maximum atomic E-state index is 12.7. The van der Waals surface area contributed by atoms with Crippen molar-refractivity contribution in [3.63, 3.8) is 0 Å². The van der Waals surface area contributed by atoms with Crippen LogP contribution in [0.1, 0.15) is 5.69 Å². The van der Waals surface area contributed by atoms with E-state index in [1.807, 2.05) is 25.1 Å². The summed E-state index contributed by atoms with van der Waals surface area (Å²) in [6.45, 7) is 2.77. The number of ether oxygens (including phenoxy) is 1. The van der Waals surface area contributed by atoms with Crippen LogP contribution in [0.5, 0.6) is 0 Å². The summed E-state index contributed by atoms with van der Waals surface area (Å²) in [5.74, 6) is 0.582. The van der Waals surface area contributed by atoms with E-state index >= 15 is 0 Å².